The van der Waals surface area contributed by atoms with Crippen molar-refractivity contribution >= 4 is 11.8 Å². The van der Waals surface area contributed by atoms with Crippen LogP contribution in [0.3, 0.4) is 0 Å². The lowest BCUT2D eigenvalue weighted by molar-refractivity contribution is 0.0702. The van der Waals surface area contributed by atoms with Gasteiger partial charge in [0.15, 0.2) is 0 Å². The third-order valence-corrected chi connectivity index (χ3v) is 1.59. The predicted octanol–water partition coefficient (Wildman–Crippen LogP) is -0.0754. The highest BCUT2D eigenvalue weighted by molar-refractivity contribution is 5.98. The Hall–Kier alpha value is -1.92. The van der Waals surface area contributed by atoms with E-state index in [0.29, 0.717) is 0 Å². The molecule has 0 atom stereocenters. The number of hydrogen-bond acceptors (Lipinski definition) is 4. The summed E-state index contributed by atoms with van der Waals surface area (Å²) in [4.78, 5) is 21.8. The molecule has 74 valence electrons. The zero-order valence-corrected chi connectivity index (χ0v) is 7.02. The molecule has 2 amide bonds. The van der Waals surface area contributed by atoms with Gasteiger partial charge in [-0.05, 0) is 18.2 Å². The molecule has 0 fully saturated rings. The molecule has 6 nitrogen and oxygen atoms in total. The fraction of sp³-hybridized carbons (Fsp3) is 0. The van der Waals surface area contributed by atoms with Crippen LogP contribution < -0.4 is 11.0 Å². The highest BCUT2D eigenvalue weighted by Crippen LogP contribution is 2.04. The van der Waals surface area contributed by atoms with Crippen LogP contribution in [-0.4, -0.2) is 22.2 Å². The third-order valence-electron chi connectivity index (χ3n) is 1.59. The Labute approximate surface area is 79.1 Å². The van der Waals surface area contributed by atoms with Gasteiger partial charge in [0.25, 0.3) is 11.8 Å². The van der Waals surface area contributed by atoms with Crippen molar-refractivity contribution < 1.29 is 20.0 Å². The van der Waals surface area contributed by atoms with Gasteiger partial charge in [-0.3, -0.25) is 20.0 Å². The number of carbonyl (C=O) groups is 2. The minimum absolute atomic E-state index is 0.119. The zero-order valence-electron chi connectivity index (χ0n) is 7.02. The van der Waals surface area contributed by atoms with E-state index >= 15 is 0 Å². The maximum atomic E-state index is 10.9. The molecule has 0 heterocycles. The molecule has 0 bridgehead atoms. The first-order valence-corrected chi connectivity index (χ1v) is 3.68. The van der Waals surface area contributed by atoms with Gasteiger partial charge in [0.05, 0.1) is 0 Å². The van der Waals surface area contributed by atoms with Crippen LogP contribution in [0.5, 0.6) is 0 Å². The second-order valence-corrected chi connectivity index (χ2v) is 2.46. The summed E-state index contributed by atoms with van der Waals surface area (Å²) in [5.74, 6) is -1.45. The first kappa shape index (κ1) is 10.2. The van der Waals surface area contributed by atoms with Gasteiger partial charge in [0, 0.05) is 11.1 Å². The Kier molecular flexibility index (Phi) is 3.16. The number of hydroxylamine groups is 2. The van der Waals surface area contributed by atoms with Crippen molar-refractivity contribution in [3.8, 4) is 0 Å². The van der Waals surface area contributed by atoms with Crippen LogP contribution in [0.25, 0.3) is 0 Å². The van der Waals surface area contributed by atoms with Crippen molar-refractivity contribution in [2.75, 3.05) is 0 Å². The molecule has 0 aliphatic rings. The summed E-state index contributed by atoms with van der Waals surface area (Å²) in [5.41, 5.74) is 3.10. The summed E-state index contributed by atoms with van der Waals surface area (Å²) >= 11 is 0. The van der Waals surface area contributed by atoms with Gasteiger partial charge < -0.3 is 0 Å². The molecule has 0 radical (unpaired) electrons. The predicted molar refractivity (Wildman–Crippen MR) is 44.9 cm³/mol. The Morgan fingerprint density at radius 1 is 1.00 bits per heavy atom. The summed E-state index contributed by atoms with van der Waals surface area (Å²) in [6.07, 6.45) is 0. The van der Waals surface area contributed by atoms with Gasteiger partial charge in [-0.25, -0.2) is 11.0 Å². The Morgan fingerprint density at radius 3 is 1.79 bits per heavy atom. The fourth-order valence-electron chi connectivity index (χ4n) is 0.931. The number of rotatable bonds is 2. The SMILES string of the molecule is O=C(NO)c1cccc(C(=O)NO)c1. The van der Waals surface area contributed by atoms with Gasteiger partial charge in [-0.1, -0.05) is 6.07 Å². The first-order chi connectivity index (χ1) is 6.69. The van der Waals surface area contributed by atoms with E-state index < -0.39 is 11.8 Å². The largest absolute Gasteiger partial charge is 0.288 e. The van der Waals surface area contributed by atoms with E-state index in [9.17, 15) is 9.59 Å². The zero-order chi connectivity index (χ0) is 10.6. The highest BCUT2D eigenvalue weighted by Gasteiger charge is 2.08. The fourth-order valence-corrected chi connectivity index (χ4v) is 0.931. The number of carbonyl (C=O) groups excluding carboxylic acids is 2. The minimum Gasteiger partial charge on any atom is -0.288 e. The number of hydrogen-bond donors (Lipinski definition) is 4. The van der Waals surface area contributed by atoms with E-state index in [1.54, 1.807) is 0 Å². The van der Waals surface area contributed by atoms with Gasteiger partial charge in [0.2, 0.25) is 0 Å². The molecule has 0 spiro atoms. The summed E-state index contributed by atoms with van der Waals surface area (Å²) in [7, 11) is 0. The van der Waals surface area contributed by atoms with Crippen LogP contribution >= 0.6 is 0 Å². The molecule has 0 aromatic heterocycles. The maximum absolute atomic E-state index is 10.9. The molecule has 0 aliphatic heterocycles. The molecule has 6 heteroatoms. The molecule has 0 saturated heterocycles. The van der Waals surface area contributed by atoms with E-state index in [2.05, 4.69) is 0 Å². The molecule has 14 heavy (non-hydrogen) atoms. The van der Waals surface area contributed by atoms with Gasteiger partial charge in [0.1, 0.15) is 0 Å². The first-order valence-electron chi connectivity index (χ1n) is 3.68. The second-order valence-electron chi connectivity index (χ2n) is 2.46. The standard InChI is InChI=1S/C8H8N2O4/c11-7(9-13)5-2-1-3-6(4-5)8(12)10-14/h1-4,13-14H,(H,9,11)(H,10,12). The molecule has 1 rings (SSSR count). The third kappa shape index (κ3) is 2.06. The molecule has 0 saturated carbocycles. The minimum atomic E-state index is -0.724. The summed E-state index contributed by atoms with van der Waals surface area (Å²) in [6.45, 7) is 0. The smallest absolute Gasteiger partial charge is 0.274 e. The van der Waals surface area contributed by atoms with Crippen LogP contribution in [0.1, 0.15) is 20.7 Å². The van der Waals surface area contributed by atoms with Crippen LogP contribution in [-0.2, 0) is 0 Å². The maximum Gasteiger partial charge on any atom is 0.274 e. The monoisotopic (exact) mass is 196 g/mol. The molecule has 1 aromatic carbocycles. The van der Waals surface area contributed by atoms with Crippen molar-refractivity contribution in [2.24, 2.45) is 0 Å². The van der Waals surface area contributed by atoms with Crippen molar-refractivity contribution in [3.63, 3.8) is 0 Å². The number of benzene rings is 1. The molecule has 1 aromatic rings. The van der Waals surface area contributed by atoms with Crippen LogP contribution in [0.15, 0.2) is 24.3 Å². The summed E-state index contributed by atoms with van der Waals surface area (Å²) in [5, 5.41) is 16.7. The van der Waals surface area contributed by atoms with E-state index in [4.69, 9.17) is 10.4 Å². The lowest BCUT2D eigenvalue weighted by atomic mass is 10.1. The Bertz CT molecular complexity index is 333. The molecular weight excluding hydrogens is 188 g/mol. The van der Waals surface area contributed by atoms with Crippen LogP contribution in [0, 0.1) is 0 Å². The lowest BCUT2D eigenvalue weighted by Gasteiger charge is -2.01. The summed E-state index contributed by atoms with van der Waals surface area (Å²) in [6, 6.07) is 5.52. The topological polar surface area (TPSA) is 98.7 Å². The van der Waals surface area contributed by atoms with Gasteiger partial charge in [-0.2, -0.15) is 0 Å². The lowest BCUT2D eigenvalue weighted by Crippen LogP contribution is -2.21. The van der Waals surface area contributed by atoms with Crippen molar-refractivity contribution in [3.05, 3.63) is 35.4 Å². The quantitative estimate of drug-likeness (QED) is 0.393. The molecule has 4 N–H and O–H groups in total. The summed E-state index contributed by atoms with van der Waals surface area (Å²) < 4.78 is 0. The van der Waals surface area contributed by atoms with Crippen LogP contribution in [0.2, 0.25) is 0 Å². The number of nitrogens with one attached hydrogen (secondary N) is 2. The van der Waals surface area contributed by atoms with Crippen molar-refractivity contribution in [1.29, 1.82) is 0 Å². The van der Waals surface area contributed by atoms with E-state index in [1.165, 1.54) is 35.2 Å². The van der Waals surface area contributed by atoms with Gasteiger partial charge >= 0.3 is 0 Å². The number of amides is 2. The Morgan fingerprint density at radius 2 is 1.43 bits per heavy atom. The van der Waals surface area contributed by atoms with Crippen molar-refractivity contribution in [1.82, 2.24) is 11.0 Å². The average Bonchev–Trinajstić information content (AvgIpc) is 2.27. The van der Waals surface area contributed by atoms with E-state index in [0.717, 1.165) is 0 Å². The van der Waals surface area contributed by atoms with Gasteiger partial charge in [-0.15, -0.1) is 0 Å². The normalized spacial score (nSPS) is 9.29. The highest BCUT2D eigenvalue weighted by atomic mass is 16.5. The average molecular weight is 196 g/mol. The Balaban J connectivity index is 3.01. The molecule has 0 aliphatic carbocycles. The van der Waals surface area contributed by atoms with E-state index in [-0.39, 0.29) is 11.1 Å². The molecular formula is C8H8N2O4. The van der Waals surface area contributed by atoms with E-state index in [1.807, 2.05) is 0 Å². The second kappa shape index (κ2) is 4.35. The van der Waals surface area contributed by atoms with Crippen molar-refractivity contribution in [2.45, 2.75) is 0 Å². The van der Waals surface area contributed by atoms with Crippen LogP contribution in [0.4, 0.5) is 0 Å². The molecule has 0 unspecified atom stereocenters.